The minimum Gasteiger partial charge on any atom is -0.312 e. The van der Waals surface area contributed by atoms with E-state index in [1.54, 1.807) is 0 Å². The third-order valence-corrected chi connectivity index (χ3v) is 5.07. The summed E-state index contributed by atoms with van der Waals surface area (Å²) in [7, 11) is 2.24. The molecule has 0 amide bonds. The summed E-state index contributed by atoms with van der Waals surface area (Å²) in [5.74, 6) is 0.807. The second-order valence-electron chi connectivity index (χ2n) is 5.31. The molecular formula is C14H24N2S. The third kappa shape index (κ3) is 3.30. The maximum absolute atomic E-state index is 3.66. The molecular weight excluding hydrogens is 228 g/mol. The van der Waals surface area contributed by atoms with E-state index < -0.39 is 0 Å². The second-order valence-corrected chi connectivity index (χ2v) is 6.29. The first kappa shape index (κ1) is 13.1. The maximum atomic E-state index is 3.66. The van der Waals surface area contributed by atoms with Crippen LogP contribution in [0.4, 0.5) is 0 Å². The average Bonchev–Trinajstić information content (AvgIpc) is 2.84. The van der Waals surface area contributed by atoms with Crippen LogP contribution in [-0.2, 0) is 0 Å². The van der Waals surface area contributed by atoms with Gasteiger partial charge in [-0.15, -0.1) is 11.3 Å². The van der Waals surface area contributed by atoms with Crippen molar-refractivity contribution in [1.82, 2.24) is 10.2 Å². The van der Waals surface area contributed by atoms with Gasteiger partial charge in [0.15, 0.2) is 0 Å². The predicted octanol–water partition coefficient (Wildman–Crippen LogP) is 3.13. The van der Waals surface area contributed by atoms with Crippen molar-refractivity contribution in [3.63, 3.8) is 0 Å². The zero-order chi connectivity index (χ0) is 12.3. The number of hydrogen-bond donors (Lipinski definition) is 1. The van der Waals surface area contributed by atoms with Crippen molar-refractivity contribution in [3.05, 3.63) is 22.4 Å². The summed E-state index contributed by atoms with van der Waals surface area (Å²) in [5.41, 5.74) is 0. The van der Waals surface area contributed by atoms with Crippen LogP contribution in [0.25, 0.3) is 0 Å². The Balaban J connectivity index is 1.89. The summed E-state index contributed by atoms with van der Waals surface area (Å²) in [6.07, 6.45) is 2.71. The first-order valence-electron chi connectivity index (χ1n) is 6.65. The van der Waals surface area contributed by atoms with Crippen LogP contribution in [-0.4, -0.2) is 31.1 Å². The topological polar surface area (TPSA) is 15.3 Å². The number of likely N-dealkylation sites (N-methyl/N-ethyl adjacent to an activating group) is 1. The largest absolute Gasteiger partial charge is 0.312 e. The fourth-order valence-corrected chi connectivity index (χ4v) is 3.42. The van der Waals surface area contributed by atoms with Crippen molar-refractivity contribution >= 4 is 11.3 Å². The van der Waals surface area contributed by atoms with Crippen LogP contribution in [0.3, 0.4) is 0 Å². The van der Waals surface area contributed by atoms with Crippen molar-refractivity contribution in [2.75, 3.05) is 20.1 Å². The summed E-state index contributed by atoms with van der Waals surface area (Å²) in [5, 5.41) is 5.83. The molecule has 1 aromatic rings. The summed E-state index contributed by atoms with van der Waals surface area (Å²) in [4.78, 5) is 3.95. The van der Waals surface area contributed by atoms with Crippen LogP contribution in [0.5, 0.6) is 0 Å². The molecule has 0 aliphatic carbocycles. The van der Waals surface area contributed by atoms with Crippen LogP contribution in [0.2, 0.25) is 0 Å². The van der Waals surface area contributed by atoms with Gasteiger partial charge >= 0.3 is 0 Å². The molecule has 2 heterocycles. The Morgan fingerprint density at radius 3 is 3.06 bits per heavy atom. The molecule has 2 nitrogen and oxygen atoms in total. The lowest BCUT2D eigenvalue weighted by Gasteiger charge is -2.35. The first-order valence-corrected chi connectivity index (χ1v) is 7.53. The van der Waals surface area contributed by atoms with E-state index in [9.17, 15) is 0 Å². The Morgan fingerprint density at radius 2 is 2.41 bits per heavy atom. The van der Waals surface area contributed by atoms with Gasteiger partial charge in [0.25, 0.3) is 0 Å². The van der Waals surface area contributed by atoms with Crippen LogP contribution in [0, 0.1) is 5.92 Å². The molecule has 0 bridgehead atoms. The number of piperidine rings is 1. The quantitative estimate of drug-likeness (QED) is 0.885. The third-order valence-electron chi connectivity index (χ3n) is 4.03. The van der Waals surface area contributed by atoms with E-state index in [1.807, 2.05) is 11.3 Å². The highest BCUT2D eigenvalue weighted by Gasteiger charge is 2.24. The van der Waals surface area contributed by atoms with Gasteiger partial charge in [0.05, 0.1) is 0 Å². The molecule has 1 fully saturated rings. The molecule has 1 aliphatic heterocycles. The van der Waals surface area contributed by atoms with Gasteiger partial charge in [-0.05, 0) is 50.7 Å². The molecule has 2 rings (SSSR count). The van der Waals surface area contributed by atoms with E-state index in [2.05, 4.69) is 48.6 Å². The predicted molar refractivity (Wildman–Crippen MR) is 75.6 cm³/mol. The van der Waals surface area contributed by atoms with Crippen molar-refractivity contribution in [2.24, 2.45) is 5.92 Å². The monoisotopic (exact) mass is 252 g/mol. The average molecular weight is 252 g/mol. The van der Waals surface area contributed by atoms with Gasteiger partial charge in [-0.1, -0.05) is 13.0 Å². The lowest BCUT2D eigenvalue weighted by Crippen LogP contribution is -2.47. The van der Waals surface area contributed by atoms with Crippen LogP contribution < -0.4 is 5.32 Å². The van der Waals surface area contributed by atoms with Gasteiger partial charge in [-0.3, -0.25) is 4.90 Å². The summed E-state index contributed by atoms with van der Waals surface area (Å²) >= 11 is 1.86. The van der Waals surface area contributed by atoms with E-state index in [1.165, 1.54) is 24.3 Å². The molecule has 1 aliphatic rings. The Labute approximate surface area is 109 Å². The van der Waals surface area contributed by atoms with E-state index in [-0.39, 0.29) is 0 Å². The number of thiophene rings is 1. The standard InChI is InChI=1S/C14H24N2S/c1-11-6-4-8-15-13(11)10-16(3)12(2)14-7-5-9-17-14/h5,7,9,11-13,15H,4,6,8,10H2,1-3H3. The molecule has 0 saturated carbocycles. The molecule has 1 aromatic heterocycles. The fourth-order valence-electron chi connectivity index (χ4n) is 2.57. The van der Waals surface area contributed by atoms with Gasteiger partial charge in [0.2, 0.25) is 0 Å². The molecule has 3 heteroatoms. The van der Waals surface area contributed by atoms with Crippen LogP contribution >= 0.6 is 11.3 Å². The lowest BCUT2D eigenvalue weighted by atomic mass is 9.92. The summed E-state index contributed by atoms with van der Waals surface area (Å²) < 4.78 is 0. The van der Waals surface area contributed by atoms with E-state index in [4.69, 9.17) is 0 Å². The number of rotatable bonds is 4. The van der Waals surface area contributed by atoms with E-state index >= 15 is 0 Å². The molecule has 96 valence electrons. The molecule has 3 unspecified atom stereocenters. The van der Waals surface area contributed by atoms with Gasteiger partial charge in [-0.2, -0.15) is 0 Å². The van der Waals surface area contributed by atoms with Crippen molar-refractivity contribution < 1.29 is 0 Å². The normalized spacial score (nSPS) is 27.3. The highest BCUT2D eigenvalue weighted by Crippen LogP contribution is 2.25. The van der Waals surface area contributed by atoms with Crippen LogP contribution in [0.1, 0.15) is 37.6 Å². The second kappa shape index (κ2) is 5.98. The SMILES string of the molecule is CC1CCCNC1CN(C)C(C)c1cccs1. The zero-order valence-corrected chi connectivity index (χ0v) is 12.0. The molecule has 0 aromatic carbocycles. The molecule has 0 spiro atoms. The van der Waals surface area contributed by atoms with Gasteiger partial charge in [-0.25, -0.2) is 0 Å². The van der Waals surface area contributed by atoms with E-state index in [0.717, 1.165) is 12.5 Å². The number of nitrogens with one attached hydrogen (secondary N) is 1. The zero-order valence-electron chi connectivity index (χ0n) is 11.1. The van der Waals surface area contributed by atoms with Crippen molar-refractivity contribution in [3.8, 4) is 0 Å². The fraction of sp³-hybridized carbons (Fsp3) is 0.714. The molecule has 1 N–H and O–H groups in total. The van der Waals surface area contributed by atoms with Gasteiger partial charge in [0, 0.05) is 23.5 Å². The van der Waals surface area contributed by atoms with Crippen molar-refractivity contribution in [1.29, 1.82) is 0 Å². The van der Waals surface area contributed by atoms with Gasteiger partial charge in [0.1, 0.15) is 0 Å². The summed E-state index contributed by atoms with van der Waals surface area (Å²) in [6, 6.07) is 5.58. The first-order chi connectivity index (χ1) is 8.18. The Kier molecular flexibility index (Phi) is 4.60. The minimum atomic E-state index is 0.533. The summed E-state index contributed by atoms with van der Waals surface area (Å²) in [6.45, 7) is 7.02. The molecule has 3 atom stereocenters. The van der Waals surface area contributed by atoms with Gasteiger partial charge < -0.3 is 5.32 Å². The molecule has 1 saturated heterocycles. The molecule has 17 heavy (non-hydrogen) atoms. The Hall–Kier alpha value is -0.380. The maximum Gasteiger partial charge on any atom is 0.0410 e. The Bertz CT molecular complexity index is 323. The highest BCUT2D eigenvalue weighted by molar-refractivity contribution is 7.10. The smallest absolute Gasteiger partial charge is 0.0410 e. The highest BCUT2D eigenvalue weighted by atomic mass is 32.1. The number of hydrogen-bond acceptors (Lipinski definition) is 3. The molecule has 0 radical (unpaired) electrons. The Morgan fingerprint density at radius 1 is 1.59 bits per heavy atom. The number of nitrogens with zero attached hydrogens (tertiary/aromatic N) is 1. The lowest BCUT2D eigenvalue weighted by molar-refractivity contribution is 0.185. The van der Waals surface area contributed by atoms with Crippen molar-refractivity contribution in [2.45, 2.75) is 38.8 Å². The van der Waals surface area contributed by atoms with Crippen LogP contribution in [0.15, 0.2) is 17.5 Å². The van der Waals surface area contributed by atoms with E-state index in [0.29, 0.717) is 12.1 Å². The minimum absolute atomic E-state index is 0.533.